The van der Waals surface area contributed by atoms with Crippen LogP contribution in [0.3, 0.4) is 0 Å². The number of alkyl halides is 3. The van der Waals surface area contributed by atoms with Gasteiger partial charge in [0, 0.05) is 6.42 Å². The molecule has 0 spiro atoms. The van der Waals surface area contributed by atoms with Crippen LogP contribution in [-0.4, -0.2) is 66.1 Å². The Labute approximate surface area is 172 Å². The summed E-state index contributed by atoms with van der Waals surface area (Å²) in [5, 5.41) is 0. The van der Waals surface area contributed by atoms with Gasteiger partial charge in [-0.1, -0.05) is 4.13 Å². The first-order valence-electron chi connectivity index (χ1n) is 9.70. The lowest BCUT2D eigenvalue weighted by Gasteiger charge is -2.61. The molecule has 1 aliphatic heterocycles. The highest BCUT2D eigenvalue weighted by Crippen LogP contribution is 2.60. The maximum Gasteiger partial charge on any atom is 0.512 e. The minimum absolute atomic E-state index is 0.147. The van der Waals surface area contributed by atoms with Crippen LogP contribution in [0, 0.1) is 11.8 Å². The topological polar surface area (TPSA) is 121 Å². The smallest absolute Gasteiger partial charge is 0.372 e. The highest BCUT2D eigenvalue weighted by Gasteiger charge is 2.59. The summed E-state index contributed by atoms with van der Waals surface area (Å²) in [7, 11) is -11.2. The van der Waals surface area contributed by atoms with Crippen molar-refractivity contribution >= 4 is 20.3 Å². The van der Waals surface area contributed by atoms with Crippen molar-refractivity contribution < 1.29 is 48.4 Å². The molecule has 0 aromatic heterocycles. The van der Waals surface area contributed by atoms with Gasteiger partial charge in [-0.15, -0.1) is 0 Å². The van der Waals surface area contributed by atoms with Crippen LogP contribution in [0.5, 0.6) is 0 Å². The standard InChI is InChI=1S/C16H24F3NO8S2/c17-16(18,19)29(21,22)20-30(23,24)28-2-1-26-14-4-11-3-12(5-14)7-15(6-11,10-14)27-9-13-8-25-13/h11-13,20H,1-10H2. The molecule has 174 valence electrons. The van der Waals surface area contributed by atoms with Crippen molar-refractivity contribution in [3.05, 3.63) is 0 Å². The fraction of sp³-hybridized carbons (Fsp3) is 1.00. The molecule has 5 rings (SSSR count). The molecule has 3 atom stereocenters. The molecule has 5 aliphatic rings. The minimum Gasteiger partial charge on any atom is -0.372 e. The summed E-state index contributed by atoms with van der Waals surface area (Å²) in [5.74, 6) is 0.879. The van der Waals surface area contributed by atoms with E-state index in [0.717, 1.165) is 32.1 Å². The fourth-order valence-electron chi connectivity index (χ4n) is 5.48. The van der Waals surface area contributed by atoms with Gasteiger partial charge in [-0.25, -0.2) is 8.42 Å². The van der Waals surface area contributed by atoms with E-state index in [0.29, 0.717) is 35.6 Å². The number of epoxide rings is 1. The molecule has 1 saturated heterocycles. The van der Waals surface area contributed by atoms with E-state index in [1.807, 2.05) is 0 Å². The molecule has 4 bridgehead atoms. The van der Waals surface area contributed by atoms with Crippen LogP contribution in [0.1, 0.15) is 38.5 Å². The summed E-state index contributed by atoms with van der Waals surface area (Å²) in [6, 6.07) is 0. The summed E-state index contributed by atoms with van der Waals surface area (Å²) >= 11 is 0. The predicted molar refractivity (Wildman–Crippen MR) is 94.8 cm³/mol. The average Bonchev–Trinajstić information content (AvgIpc) is 3.38. The van der Waals surface area contributed by atoms with Crippen molar-refractivity contribution in [2.45, 2.75) is 61.3 Å². The van der Waals surface area contributed by atoms with E-state index in [1.54, 1.807) is 0 Å². The van der Waals surface area contributed by atoms with E-state index in [4.69, 9.17) is 14.2 Å². The first kappa shape index (κ1) is 22.7. The van der Waals surface area contributed by atoms with Crippen LogP contribution in [-0.2, 0) is 38.7 Å². The van der Waals surface area contributed by atoms with Crippen LogP contribution in [0.2, 0.25) is 0 Å². The summed E-state index contributed by atoms with van der Waals surface area (Å²) in [4.78, 5) is 0. The van der Waals surface area contributed by atoms with Gasteiger partial charge >= 0.3 is 25.8 Å². The third kappa shape index (κ3) is 4.94. The predicted octanol–water partition coefficient (Wildman–Crippen LogP) is 1.21. The molecule has 0 aromatic carbocycles. The SMILES string of the molecule is O=S(=O)(NS(=O)(=O)C(F)(F)F)OCCOC12CC3CC(C1)CC(OCC1CO1)(C3)C2. The number of sulfonamides is 1. The highest BCUT2D eigenvalue weighted by atomic mass is 32.3. The Balaban J connectivity index is 1.30. The third-order valence-corrected chi connectivity index (χ3v) is 8.96. The Bertz CT molecular complexity index is 857. The van der Waals surface area contributed by atoms with E-state index in [9.17, 15) is 30.0 Å². The van der Waals surface area contributed by atoms with Gasteiger partial charge in [-0.3, -0.25) is 4.18 Å². The zero-order chi connectivity index (χ0) is 21.8. The van der Waals surface area contributed by atoms with Crippen molar-refractivity contribution in [2.24, 2.45) is 11.8 Å². The molecule has 5 fully saturated rings. The van der Waals surface area contributed by atoms with Gasteiger partial charge in [0.25, 0.3) is 0 Å². The Morgan fingerprint density at radius 2 is 1.53 bits per heavy atom. The summed E-state index contributed by atoms with van der Waals surface area (Å²) < 4.78 is 104. The fourth-order valence-corrected chi connectivity index (χ4v) is 7.41. The van der Waals surface area contributed by atoms with Gasteiger partial charge in [0.1, 0.15) is 6.10 Å². The molecule has 3 unspecified atom stereocenters. The van der Waals surface area contributed by atoms with E-state index < -0.39 is 38.0 Å². The van der Waals surface area contributed by atoms with Gasteiger partial charge in [0.15, 0.2) is 0 Å². The monoisotopic (exact) mass is 479 g/mol. The summed E-state index contributed by atoms with van der Waals surface area (Å²) in [6.07, 6.45) is 5.42. The van der Waals surface area contributed by atoms with Crippen molar-refractivity contribution in [3.8, 4) is 0 Å². The number of halogens is 3. The normalized spacial score (nSPS) is 38.2. The Morgan fingerprint density at radius 1 is 0.967 bits per heavy atom. The van der Waals surface area contributed by atoms with Gasteiger partial charge in [0.2, 0.25) is 0 Å². The lowest BCUT2D eigenvalue weighted by Crippen LogP contribution is -2.61. The molecule has 9 nitrogen and oxygen atoms in total. The molecule has 30 heavy (non-hydrogen) atoms. The second-order valence-electron chi connectivity index (χ2n) is 8.75. The highest BCUT2D eigenvalue weighted by molar-refractivity contribution is 8.03. The van der Waals surface area contributed by atoms with E-state index in [-0.39, 0.29) is 18.3 Å². The van der Waals surface area contributed by atoms with E-state index in [1.165, 1.54) is 0 Å². The van der Waals surface area contributed by atoms with Gasteiger partial charge < -0.3 is 14.2 Å². The molecule has 1 heterocycles. The van der Waals surface area contributed by atoms with Gasteiger partial charge in [0.05, 0.1) is 37.6 Å². The number of ether oxygens (including phenoxy) is 3. The van der Waals surface area contributed by atoms with Crippen LogP contribution in [0.4, 0.5) is 13.2 Å². The Kier molecular flexibility index (Phi) is 5.69. The number of hydrogen-bond acceptors (Lipinski definition) is 8. The van der Waals surface area contributed by atoms with Gasteiger partial charge in [-0.2, -0.15) is 21.6 Å². The van der Waals surface area contributed by atoms with Crippen molar-refractivity contribution in [1.82, 2.24) is 4.13 Å². The maximum absolute atomic E-state index is 12.3. The lowest BCUT2D eigenvalue weighted by molar-refractivity contribution is -0.238. The first-order chi connectivity index (χ1) is 13.8. The third-order valence-electron chi connectivity index (χ3n) is 6.18. The maximum atomic E-state index is 12.3. The second kappa shape index (κ2) is 7.52. The van der Waals surface area contributed by atoms with E-state index >= 15 is 0 Å². The quantitative estimate of drug-likeness (QED) is 0.367. The number of hydrogen-bond donors (Lipinski definition) is 1. The first-order valence-corrected chi connectivity index (χ1v) is 12.6. The van der Waals surface area contributed by atoms with Crippen molar-refractivity contribution in [1.29, 1.82) is 0 Å². The molecular weight excluding hydrogens is 455 g/mol. The molecule has 0 radical (unpaired) electrons. The van der Waals surface area contributed by atoms with Crippen molar-refractivity contribution in [3.63, 3.8) is 0 Å². The van der Waals surface area contributed by atoms with Crippen LogP contribution in [0.15, 0.2) is 0 Å². The zero-order valence-electron chi connectivity index (χ0n) is 16.0. The molecular formula is C16H24F3NO8S2. The average molecular weight is 479 g/mol. The second-order valence-corrected chi connectivity index (χ2v) is 12.0. The molecule has 0 aromatic rings. The molecule has 4 saturated carbocycles. The van der Waals surface area contributed by atoms with Gasteiger partial charge in [-0.05, 0) is 43.9 Å². The minimum atomic E-state index is -6.08. The van der Waals surface area contributed by atoms with Crippen LogP contribution in [0.25, 0.3) is 0 Å². The molecule has 1 N–H and O–H groups in total. The van der Waals surface area contributed by atoms with Crippen LogP contribution >= 0.6 is 0 Å². The Hall–Kier alpha value is -0.510. The van der Waals surface area contributed by atoms with E-state index in [2.05, 4.69) is 4.18 Å². The van der Waals surface area contributed by atoms with Crippen molar-refractivity contribution in [2.75, 3.05) is 26.4 Å². The lowest BCUT2D eigenvalue weighted by atomic mass is 9.52. The zero-order valence-corrected chi connectivity index (χ0v) is 17.7. The molecule has 0 amide bonds. The summed E-state index contributed by atoms with van der Waals surface area (Å²) in [6.45, 7) is 0.433. The molecule has 4 aliphatic carbocycles. The number of rotatable bonds is 10. The summed E-state index contributed by atoms with van der Waals surface area (Å²) in [5.41, 5.74) is -6.54. The van der Waals surface area contributed by atoms with Crippen LogP contribution < -0.4 is 4.13 Å². The Morgan fingerprint density at radius 3 is 2.07 bits per heavy atom. The largest absolute Gasteiger partial charge is 0.512 e. The number of nitrogens with one attached hydrogen (secondary N) is 1. The molecule has 14 heteroatoms.